The Morgan fingerprint density at radius 3 is 0.711 bits per heavy atom. The number of rotatable bonds is 78. The van der Waals surface area contributed by atoms with Crippen molar-refractivity contribution in [1.29, 1.82) is 0 Å². The Kier molecular flexibility index (Phi) is 71.7. The van der Waals surface area contributed by atoms with Crippen LogP contribution in [0.25, 0.3) is 0 Å². The minimum atomic E-state index is -1.51. The van der Waals surface area contributed by atoms with Crippen molar-refractivity contribution in [2.75, 3.05) is 47.5 Å². The van der Waals surface area contributed by atoms with E-state index in [4.69, 9.17) is 18.9 Å². The highest BCUT2D eigenvalue weighted by molar-refractivity contribution is 5.71. The van der Waals surface area contributed by atoms with Crippen molar-refractivity contribution in [2.24, 2.45) is 0 Å². The summed E-state index contributed by atoms with van der Waals surface area (Å²) in [5, 5.41) is 9.77. The number of nitrogens with zero attached hydrogens (tertiary/aromatic N) is 1. The third-order valence-electron chi connectivity index (χ3n) is 19.1. The summed E-state index contributed by atoms with van der Waals surface area (Å²) in [5.41, 5.74) is 0. The molecule has 0 heterocycles. The van der Waals surface area contributed by atoms with Crippen LogP contribution in [0.5, 0.6) is 0 Å². The maximum Gasteiger partial charge on any atom is 0.361 e. The Bertz CT molecular complexity index is 1440. The lowest BCUT2D eigenvalue weighted by Crippen LogP contribution is -2.40. The Hall–Kier alpha value is -1.71. The number of unbranched alkanes of at least 4 members (excludes halogenated alkanes) is 63. The zero-order valence-electron chi connectivity index (χ0n) is 61.6. The van der Waals surface area contributed by atoms with Gasteiger partial charge in [0, 0.05) is 12.8 Å². The molecule has 0 saturated heterocycles. The van der Waals surface area contributed by atoms with Crippen LogP contribution < -0.4 is 0 Å². The molecule has 1 N–H and O–H groups in total. The molecule has 0 saturated carbocycles. The van der Waals surface area contributed by atoms with E-state index in [-0.39, 0.29) is 38.2 Å². The lowest BCUT2D eigenvalue weighted by molar-refractivity contribution is -0.870. The fraction of sp³-hybridized carbons (Fsp3) is 0.963. The first-order valence-electron chi connectivity index (χ1n) is 40.7. The molecule has 0 fully saturated rings. The minimum Gasteiger partial charge on any atom is -0.477 e. The molecule has 0 aromatic heterocycles. The number of carboxylic acids is 1. The van der Waals surface area contributed by atoms with Gasteiger partial charge in [0.25, 0.3) is 6.29 Å². The van der Waals surface area contributed by atoms with E-state index in [0.29, 0.717) is 17.4 Å². The van der Waals surface area contributed by atoms with Crippen LogP contribution in [0.4, 0.5) is 0 Å². The van der Waals surface area contributed by atoms with E-state index in [2.05, 4.69) is 13.8 Å². The van der Waals surface area contributed by atoms with Crippen LogP contribution in [-0.2, 0) is 33.3 Å². The van der Waals surface area contributed by atoms with Crippen molar-refractivity contribution in [2.45, 2.75) is 456 Å². The van der Waals surface area contributed by atoms with Gasteiger partial charge in [-0.3, -0.25) is 9.59 Å². The molecular formula is C81H160NO8+. The summed E-state index contributed by atoms with van der Waals surface area (Å²) in [6.45, 7) is 4.99. The Balaban J connectivity index is 3.92. The first-order chi connectivity index (χ1) is 44.1. The molecule has 0 aromatic rings. The topological polar surface area (TPSA) is 108 Å². The Morgan fingerprint density at radius 1 is 0.289 bits per heavy atom. The molecule has 0 aliphatic heterocycles. The maximum atomic E-state index is 13.0. The van der Waals surface area contributed by atoms with Crippen molar-refractivity contribution in [3.8, 4) is 0 Å². The average molecular weight is 1280 g/mol. The van der Waals surface area contributed by atoms with E-state index in [1.807, 2.05) is 21.1 Å². The van der Waals surface area contributed by atoms with E-state index in [1.165, 1.54) is 379 Å². The van der Waals surface area contributed by atoms with Crippen molar-refractivity contribution in [1.82, 2.24) is 0 Å². The molecule has 0 radical (unpaired) electrons. The van der Waals surface area contributed by atoms with Gasteiger partial charge in [0.1, 0.15) is 13.2 Å². The van der Waals surface area contributed by atoms with E-state index in [0.717, 1.165) is 38.5 Å². The minimum absolute atomic E-state index is 0.172. The molecule has 2 unspecified atom stereocenters. The van der Waals surface area contributed by atoms with Gasteiger partial charge in [-0.15, -0.1) is 0 Å². The predicted octanol–water partition coefficient (Wildman–Crippen LogP) is 25.8. The number of likely N-dealkylation sites (N-methyl/N-ethyl adjacent to an activating group) is 1. The van der Waals surface area contributed by atoms with Crippen molar-refractivity contribution < 1.29 is 42.9 Å². The van der Waals surface area contributed by atoms with E-state index in [1.54, 1.807) is 0 Å². The van der Waals surface area contributed by atoms with Crippen molar-refractivity contribution in [3.05, 3.63) is 0 Å². The first kappa shape index (κ1) is 88.3. The van der Waals surface area contributed by atoms with Gasteiger partial charge < -0.3 is 28.5 Å². The molecule has 0 rings (SSSR count). The number of ether oxygens (including phenoxy) is 4. The predicted molar refractivity (Wildman–Crippen MR) is 388 cm³/mol. The van der Waals surface area contributed by atoms with Crippen LogP contribution in [0, 0.1) is 0 Å². The standard InChI is InChI=1S/C81H159NO8/c1-6-8-10-12-14-16-18-20-22-24-26-28-30-32-34-35-36-37-38-39-40-41-42-43-44-46-48-50-52-54-56-58-60-62-64-66-68-70-72-79(84)90-77(76-89-81(80(85)86)87-74-73-82(3,4)5)75-88-78(83)71-69-67-65-63-61-59-57-55-53-51-49-47-45-33-31-29-27-25-23-21-19-17-15-13-11-9-7-2/h77,81H,6-76H2,1-5H3/p+1. The van der Waals surface area contributed by atoms with Crippen LogP contribution in [0.15, 0.2) is 0 Å². The number of carbonyl (C=O) groups is 3. The number of aliphatic carboxylic acids is 1. The second kappa shape index (κ2) is 73.1. The fourth-order valence-corrected chi connectivity index (χ4v) is 12.9. The van der Waals surface area contributed by atoms with E-state index >= 15 is 0 Å². The molecule has 90 heavy (non-hydrogen) atoms. The van der Waals surface area contributed by atoms with Crippen molar-refractivity contribution in [3.63, 3.8) is 0 Å². The normalized spacial score (nSPS) is 12.5. The summed E-state index contributed by atoms with van der Waals surface area (Å²) in [6, 6.07) is 0. The monoisotopic (exact) mass is 1280 g/mol. The number of esters is 2. The SMILES string of the molecule is CCCCCCCCCCCCCCCCCCCCCCCCCCCCCCCCCCCCCCCCC(=O)OC(COC(=O)CCCCCCCCCCCCCCCCCCCCCCCCCCCCC)COC(OCC[N+](C)(C)C)C(=O)O. The van der Waals surface area contributed by atoms with Crippen LogP contribution in [0.1, 0.15) is 444 Å². The quantitative estimate of drug-likeness (QED) is 0.0278. The summed E-state index contributed by atoms with van der Waals surface area (Å²) in [4.78, 5) is 37.7. The lowest BCUT2D eigenvalue weighted by atomic mass is 10.0. The molecule has 9 nitrogen and oxygen atoms in total. The van der Waals surface area contributed by atoms with Gasteiger partial charge in [0.05, 0.1) is 34.4 Å². The highest BCUT2D eigenvalue weighted by Gasteiger charge is 2.25. The summed E-state index contributed by atoms with van der Waals surface area (Å²) in [5.74, 6) is -1.96. The largest absolute Gasteiger partial charge is 0.477 e. The molecule has 2 atom stereocenters. The summed E-state index contributed by atoms with van der Waals surface area (Å²) in [6.07, 6.45) is 87.1. The van der Waals surface area contributed by atoms with Gasteiger partial charge in [0.2, 0.25) is 0 Å². The summed E-state index contributed by atoms with van der Waals surface area (Å²) < 4.78 is 23.1. The second-order valence-corrected chi connectivity index (χ2v) is 29.5. The summed E-state index contributed by atoms with van der Waals surface area (Å²) >= 11 is 0. The number of hydrogen-bond donors (Lipinski definition) is 1. The first-order valence-corrected chi connectivity index (χ1v) is 40.7. The molecule has 0 aliphatic carbocycles. The van der Waals surface area contributed by atoms with Crippen molar-refractivity contribution >= 4 is 17.9 Å². The third kappa shape index (κ3) is 73.7. The third-order valence-corrected chi connectivity index (χ3v) is 19.1. The highest BCUT2D eigenvalue weighted by Crippen LogP contribution is 2.21. The van der Waals surface area contributed by atoms with Gasteiger partial charge in [-0.05, 0) is 12.8 Å². The summed E-state index contributed by atoms with van der Waals surface area (Å²) in [7, 11) is 6.00. The zero-order valence-corrected chi connectivity index (χ0v) is 61.6. The van der Waals surface area contributed by atoms with Gasteiger partial charge in [0.15, 0.2) is 6.10 Å². The maximum absolute atomic E-state index is 13.0. The van der Waals surface area contributed by atoms with Crippen LogP contribution in [-0.4, -0.2) is 87.4 Å². The molecule has 536 valence electrons. The molecule has 0 bridgehead atoms. The van der Waals surface area contributed by atoms with E-state index in [9.17, 15) is 19.5 Å². The molecule has 0 aromatic carbocycles. The molecule has 0 spiro atoms. The van der Waals surface area contributed by atoms with Gasteiger partial charge in [-0.1, -0.05) is 418 Å². The Labute approximate surface area is 562 Å². The second-order valence-electron chi connectivity index (χ2n) is 29.5. The smallest absolute Gasteiger partial charge is 0.361 e. The number of hydrogen-bond acceptors (Lipinski definition) is 7. The van der Waals surface area contributed by atoms with Crippen LogP contribution in [0.2, 0.25) is 0 Å². The molecular weight excluding hydrogens is 1110 g/mol. The fourth-order valence-electron chi connectivity index (χ4n) is 12.9. The number of carbonyl (C=O) groups excluding carboxylic acids is 2. The molecule has 0 amide bonds. The number of quaternary nitrogens is 1. The van der Waals surface area contributed by atoms with Crippen LogP contribution in [0.3, 0.4) is 0 Å². The molecule has 9 heteroatoms. The zero-order chi connectivity index (χ0) is 65.4. The lowest BCUT2D eigenvalue weighted by Gasteiger charge is -2.25. The van der Waals surface area contributed by atoms with Gasteiger partial charge >= 0.3 is 17.9 Å². The van der Waals surface area contributed by atoms with E-state index < -0.39 is 18.4 Å². The Morgan fingerprint density at radius 2 is 0.500 bits per heavy atom. The van der Waals surface area contributed by atoms with Crippen LogP contribution >= 0.6 is 0 Å². The van der Waals surface area contributed by atoms with Gasteiger partial charge in [-0.2, -0.15) is 0 Å². The van der Waals surface area contributed by atoms with Gasteiger partial charge in [-0.25, -0.2) is 4.79 Å². The highest BCUT2D eigenvalue weighted by atomic mass is 16.7. The molecule has 0 aliphatic rings. The average Bonchev–Trinajstić information content (AvgIpc) is 3.64. The number of carboxylic acid groups (broad SMARTS) is 1.